The van der Waals surface area contributed by atoms with Gasteiger partial charge in [-0.05, 0) is 47.5 Å². The summed E-state index contributed by atoms with van der Waals surface area (Å²) in [4.78, 5) is 0.177. The number of hydrogen-bond acceptors (Lipinski definition) is 4. The number of sulfonamides is 1. The fourth-order valence-corrected chi connectivity index (χ4v) is 4.34. The number of nitrogens with zero attached hydrogens (tertiary/aromatic N) is 1. The Morgan fingerprint density at radius 2 is 2.10 bits per heavy atom. The van der Waals surface area contributed by atoms with Gasteiger partial charge in [-0.25, -0.2) is 8.42 Å². The van der Waals surface area contributed by atoms with Crippen molar-refractivity contribution in [3.05, 3.63) is 45.1 Å². The maximum atomic E-state index is 12.7. The molecule has 2 rings (SSSR count). The van der Waals surface area contributed by atoms with Gasteiger partial charge in [0, 0.05) is 18.1 Å². The second kappa shape index (κ2) is 6.91. The molecule has 0 fully saturated rings. The average Bonchev–Trinajstić information content (AvgIpc) is 2.93. The van der Waals surface area contributed by atoms with Crippen molar-refractivity contribution in [2.24, 2.45) is 0 Å². The zero-order chi connectivity index (χ0) is 15.5. The van der Waals surface area contributed by atoms with Crippen molar-refractivity contribution in [2.45, 2.75) is 18.4 Å². The molecule has 0 aliphatic heterocycles. The van der Waals surface area contributed by atoms with Gasteiger partial charge in [0.2, 0.25) is 10.0 Å². The number of benzene rings is 1. The zero-order valence-electron chi connectivity index (χ0n) is 11.7. The molecule has 0 radical (unpaired) electrons. The highest BCUT2D eigenvalue weighted by atomic mass is 79.9. The molecule has 0 spiro atoms. The lowest BCUT2D eigenvalue weighted by Crippen LogP contribution is -2.26. The van der Waals surface area contributed by atoms with Crippen LogP contribution in [0.4, 0.5) is 0 Å². The van der Waals surface area contributed by atoms with Gasteiger partial charge < -0.3 is 4.74 Å². The fraction of sp³-hybridized carbons (Fsp3) is 0.286. The van der Waals surface area contributed by atoms with E-state index in [-0.39, 0.29) is 4.90 Å². The molecule has 0 N–H and O–H groups in total. The molecule has 0 bridgehead atoms. The summed E-state index contributed by atoms with van der Waals surface area (Å²) in [7, 11) is -2.03. The highest BCUT2D eigenvalue weighted by Gasteiger charge is 2.25. The summed E-state index contributed by atoms with van der Waals surface area (Å²) in [6, 6.07) is 6.92. The number of halogens is 1. The van der Waals surface area contributed by atoms with Crippen molar-refractivity contribution < 1.29 is 13.2 Å². The molecule has 0 aliphatic rings. The van der Waals surface area contributed by atoms with E-state index >= 15 is 0 Å². The molecule has 21 heavy (non-hydrogen) atoms. The van der Waals surface area contributed by atoms with Gasteiger partial charge in [-0.3, -0.25) is 0 Å². The smallest absolute Gasteiger partial charge is 0.246 e. The molecule has 0 saturated carbocycles. The standard InChI is InChI=1S/C14H16BrNO3S2/c1-3-19-13-5-4-12(15)8-14(13)21(17,18)16(2)9-11-6-7-20-10-11/h4-8,10H,3,9H2,1-2H3. The van der Waals surface area contributed by atoms with Crippen LogP contribution in [0.3, 0.4) is 0 Å². The van der Waals surface area contributed by atoms with Crippen LogP contribution in [-0.4, -0.2) is 26.4 Å². The first-order valence-electron chi connectivity index (χ1n) is 6.35. The Bertz CT molecular complexity index is 699. The van der Waals surface area contributed by atoms with Crippen LogP contribution in [0.5, 0.6) is 5.75 Å². The summed E-state index contributed by atoms with van der Waals surface area (Å²) in [5.74, 6) is 0.373. The first-order valence-corrected chi connectivity index (χ1v) is 9.52. The van der Waals surface area contributed by atoms with E-state index in [0.29, 0.717) is 23.4 Å². The van der Waals surface area contributed by atoms with Crippen LogP contribution in [0.15, 0.2) is 44.4 Å². The third-order valence-corrected chi connectivity index (χ3v) is 5.93. The van der Waals surface area contributed by atoms with Crippen LogP contribution >= 0.6 is 27.3 Å². The molecule has 0 atom stereocenters. The van der Waals surface area contributed by atoms with E-state index in [1.807, 2.05) is 23.8 Å². The van der Waals surface area contributed by atoms with Crippen molar-refractivity contribution in [1.29, 1.82) is 0 Å². The molecule has 0 saturated heterocycles. The van der Waals surface area contributed by atoms with Crippen molar-refractivity contribution in [2.75, 3.05) is 13.7 Å². The lowest BCUT2D eigenvalue weighted by Gasteiger charge is -2.19. The van der Waals surface area contributed by atoms with Gasteiger partial charge in [-0.1, -0.05) is 15.9 Å². The van der Waals surface area contributed by atoms with Crippen LogP contribution in [0, 0.1) is 0 Å². The molecule has 114 valence electrons. The van der Waals surface area contributed by atoms with Gasteiger partial charge in [0.25, 0.3) is 0 Å². The quantitative estimate of drug-likeness (QED) is 0.755. The van der Waals surface area contributed by atoms with Gasteiger partial charge in [0.1, 0.15) is 10.6 Å². The van der Waals surface area contributed by atoms with Crippen LogP contribution in [0.25, 0.3) is 0 Å². The second-order valence-electron chi connectivity index (χ2n) is 4.42. The van der Waals surface area contributed by atoms with E-state index < -0.39 is 10.0 Å². The molecule has 0 amide bonds. The molecule has 7 heteroatoms. The van der Waals surface area contributed by atoms with Crippen LogP contribution < -0.4 is 4.74 Å². The summed E-state index contributed by atoms with van der Waals surface area (Å²) in [5.41, 5.74) is 0.971. The van der Waals surface area contributed by atoms with E-state index in [9.17, 15) is 8.42 Å². The Morgan fingerprint density at radius 3 is 2.71 bits per heavy atom. The van der Waals surface area contributed by atoms with Crippen molar-refractivity contribution in [3.63, 3.8) is 0 Å². The summed E-state index contributed by atoms with van der Waals surface area (Å²) < 4.78 is 32.9. The first kappa shape index (κ1) is 16.5. The molecular weight excluding hydrogens is 374 g/mol. The summed E-state index contributed by atoms with van der Waals surface area (Å²) in [6.45, 7) is 2.58. The molecule has 4 nitrogen and oxygen atoms in total. The minimum Gasteiger partial charge on any atom is -0.492 e. The third-order valence-electron chi connectivity index (χ3n) is 2.88. The van der Waals surface area contributed by atoms with Crippen LogP contribution in [-0.2, 0) is 16.6 Å². The van der Waals surface area contributed by atoms with Gasteiger partial charge in [0.15, 0.2) is 0 Å². The number of rotatable bonds is 6. The number of ether oxygens (including phenoxy) is 1. The largest absolute Gasteiger partial charge is 0.492 e. The van der Waals surface area contributed by atoms with Crippen molar-refractivity contribution >= 4 is 37.3 Å². The molecule has 0 unspecified atom stereocenters. The SMILES string of the molecule is CCOc1ccc(Br)cc1S(=O)(=O)N(C)Cc1ccsc1. The Hall–Kier alpha value is -0.890. The maximum Gasteiger partial charge on any atom is 0.246 e. The second-order valence-corrected chi connectivity index (χ2v) is 8.13. The Labute approximate surface area is 137 Å². The van der Waals surface area contributed by atoms with Crippen LogP contribution in [0.2, 0.25) is 0 Å². The van der Waals surface area contributed by atoms with Gasteiger partial charge >= 0.3 is 0 Å². The average molecular weight is 390 g/mol. The molecule has 1 heterocycles. The molecule has 1 aromatic carbocycles. The Kier molecular flexibility index (Phi) is 5.43. The normalized spacial score (nSPS) is 11.8. The molecule has 0 aliphatic carbocycles. The third kappa shape index (κ3) is 3.85. The summed E-state index contributed by atoms with van der Waals surface area (Å²) in [5, 5.41) is 3.87. The topological polar surface area (TPSA) is 46.6 Å². The fourth-order valence-electron chi connectivity index (χ4n) is 1.85. The van der Waals surface area contributed by atoms with Crippen LogP contribution in [0.1, 0.15) is 12.5 Å². The lowest BCUT2D eigenvalue weighted by molar-refractivity contribution is 0.329. The summed E-state index contributed by atoms with van der Waals surface area (Å²) in [6.07, 6.45) is 0. The van der Waals surface area contributed by atoms with E-state index in [4.69, 9.17) is 4.74 Å². The monoisotopic (exact) mass is 389 g/mol. The van der Waals surface area contributed by atoms with E-state index in [2.05, 4.69) is 15.9 Å². The molecule has 2 aromatic rings. The van der Waals surface area contributed by atoms with Gasteiger partial charge in [-0.2, -0.15) is 15.6 Å². The van der Waals surface area contributed by atoms with E-state index in [1.165, 1.54) is 4.31 Å². The minimum absolute atomic E-state index is 0.177. The van der Waals surface area contributed by atoms with E-state index in [1.54, 1.807) is 36.6 Å². The lowest BCUT2D eigenvalue weighted by atomic mass is 10.3. The molecule has 1 aromatic heterocycles. The van der Waals surface area contributed by atoms with Gasteiger partial charge in [-0.15, -0.1) is 0 Å². The van der Waals surface area contributed by atoms with E-state index in [0.717, 1.165) is 5.56 Å². The molecular formula is C14H16BrNO3S2. The Morgan fingerprint density at radius 1 is 1.33 bits per heavy atom. The van der Waals surface area contributed by atoms with Crippen molar-refractivity contribution in [3.8, 4) is 5.75 Å². The van der Waals surface area contributed by atoms with Gasteiger partial charge in [0.05, 0.1) is 6.61 Å². The maximum absolute atomic E-state index is 12.7. The highest BCUT2D eigenvalue weighted by molar-refractivity contribution is 9.10. The number of hydrogen-bond donors (Lipinski definition) is 0. The summed E-state index contributed by atoms with van der Waals surface area (Å²) >= 11 is 4.86. The Balaban J connectivity index is 2.36. The number of thiophene rings is 1. The minimum atomic E-state index is -3.61. The highest BCUT2D eigenvalue weighted by Crippen LogP contribution is 2.30. The zero-order valence-corrected chi connectivity index (χ0v) is 15.0. The first-order chi connectivity index (χ1) is 9.95. The predicted octanol–water partition coefficient (Wildman–Crippen LogP) is 3.73. The predicted molar refractivity (Wildman–Crippen MR) is 88.3 cm³/mol. The van der Waals surface area contributed by atoms with Crippen molar-refractivity contribution in [1.82, 2.24) is 4.31 Å².